The van der Waals surface area contributed by atoms with Crippen molar-refractivity contribution < 1.29 is 4.48 Å². The van der Waals surface area contributed by atoms with Crippen LogP contribution in [-0.2, 0) is 0 Å². The Kier molecular flexibility index (Phi) is 18.7. The van der Waals surface area contributed by atoms with E-state index in [1.165, 1.54) is 133 Å². The molecule has 0 heterocycles. The molecule has 0 radical (unpaired) electrons. The van der Waals surface area contributed by atoms with Crippen LogP contribution in [-0.4, -0.2) is 31.2 Å². The van der Waals surface area contributed by atoms with Crippen LogP contribution >= 0.6 is 0 Å². The van der Waals surface area contributed by atoms with Gasteiger partial charge >= 0.3 is 0 Å². The highest BCUT2D eigenvalue weighted by Gasteiger charge is 2.20. The van der Waals surface area contributed by atoms with Gasteiger partial charge < -0.3 is 4.48 Å². The Morgan fingerprint density at radius 2 is 0.600 bits per heavy atom. The lowest BCUT2D eigenvalue weighted by atomic mass is 10.1. The lowest BCUT2D eigenvalue weighted by Gasteiger charge is -2.35. The zero-order valence-corrected chi connectivity index (χ0v) is 18.6. The molecular formula is C24H52N+. The van der Waals surface area contributed by atoms with Crippen molar-refractivity contribution in [3.05, 3.63) is 0 Å². The fourth-order valence-electron chi connectivity index (χ4n) is 3.98. The highest BCUT2D eigenvalue weighted by atomic mass is 15.3. The Bertz CT molecular complexity index is 232. The molecule has 1 heteroatoms. The molecule has 152 valence electrons. The van der Waals surface area contributed by atoms with Crippen molar-refractivity contribution in [1.29, 1.82) is 0 Å². The summed E-state index contributed by atoms with van der Waals surface area (Å²) in [6, 6.07) is 0. The summed E-state index contributed by atoms with van der Waals surface area (Å²) in [5.41, 5.74) is 0. The van der Waals surface area contributed by atoms with Gasteiger partial charge in [-0.3, -0.25) is 0 Å². The smallest absolute Gasteiger partial charge is 0.0784 e. The predicted molar refractivity (Wildman–Crippen MR) is 116 cm³/mol. The molecule has 0 unspecified atom stereocenters. The van der Waals surface area contributed by atoms with E-state index in [2.05, 4.69) is 27.8 Å². The minimum atomic E-state index is 1.35. The van der Waals surface area contributed by atoms with Gasteiger partial charge in [0.05, 0.1) is 26.7 Å². The summed E-state index contributed by atoms with van der Waals surface area (Å²) in [6.07, 6.45) is 24.4. The molecule has 0 aromatic heterocycles. The molecule has 25 heavy (non-hydrogen) atoms. The standard InChI is InChI=1S/C24H52N/c1-5-8-11-14-17-20-23-25(4,22-19-16-13-10-7-3)24-21-18-15-12-9-6-2/h5-24H2,1-4H3/q+1. The topological polar surface area (TPSA) is 0 Å². The summed E-state index contributed by atoms with van der Waals surface area (Å²) >= 11 is 0. The van der Waals surface area contributed by atoms with Crippen LogP contribution in [0.3, 0.4) is 0 Å². The van der Waals surface area contributed by atoms with Crippen molar-refractivity contribution in [3.8, 4) is 0 Å². The molecule has 1 nitrogen and oxygen atoms in total. The fraction of sp³-hybridized carbons (Fsp3) is 1.00. The number of hydrogen-bond acceptors (Lipinski definition) is 0. The number of quaternary nitrogens is 1. The number of rotatable bonds is 20. The third-order valence-electron chi connectivity index (χ3n) is 5.90. The lowest BCUT2D eigenvalue weighted by Crippen LogP contribution is -2.46. The summed E-state index contributed by atoms with van der Waals surface area (Å²) in [7, 11) is 2.55. The van der Waals surface area contributed by atoms with Gasteiger partial charge in [-0.25, -0.2) is 0 Å². The zero-order valence-electron chi connectivity index (χ0n) is 18.6. The molecule has 0 atom stereocenters. The molecular weight excluding hydrogens is 302 g/mol. The molecule has 0 saturated carbocycles. The van der Waals surface area contributed by atoms with E-state index in [9.17, 15) is 0 Å². The van der Waals surface area contributed by atoms with E-state index in [4.69, 9.17) is 0 Å². The molecule has 0 N–H and O–H groups in total. The lowest BCUT2D eigenvalue weighted by molar-refractivity contribution is -0.910. The van der Waals surface area contributed by atoms with E-state index >= 15 is 0 Å². The minimum Gasteiger partial charge on any atom is -0.326 e. The minimum absolute atomic E-state index is 1.35. The van der Waals surface area contributed by atoms with Crippen molar-refractivity contribution in [1.82, 2.24) is 0 Å². The summed E-state index contributed by atoms with van der Waals surface area (Å²) < 4.78 is 1.35. The van der Waals surface area contributed by atoms with Gasteiger partial charge in [0.25, 0.3) is 0 Å². The molecule has 0 aliphatic heterocycles. The maximum absolute atomic E-state index is 2.55. The van der Waals surface area contributed by atoms with Gasteiger partial charge in [0.2, 0.25) is 0 Å². The largest absolute Gasteiger partial charge is 0.326 e. The van der Waals surface area contributed by atoms with Crippen molar-refractivity contribution in [3.63, 3.8) is 0 Å². The highest BCUT2D eigenvalue weighted by molar-refractivity contribution is 4.50. The number of hydrogen-bond donors (Lipinski definition) is 0. The van der Waals surface area contributed by atoms with Crippen molar-refractivity contribution in [2.75, 3.05) is 26.7 Å². The van der Waals surface area contributed by atoms with Crippen molar-refractivity contribution in [2.24, 2.45) is 0 Å². The van der Waals surface area contributed by atoms with E-state index in [1.807, 2.05) is 0 Å². The Morgan fingerprint density at radius 1 is 0.360 bits per heavy atom. The first-order chi connectivity index (χ1) is 12.2. The Morgan fingerprint density at radius 3 is 0.880 bits per heavy atom. The van der Waals surface area contributed by atoms with Gasteiger partial charge in [-0.2, -0.15) is 0 Å². The molecule has 0 amide bonds. The molecule has 0 bridgehead atoms. The first-order valence-corrected chi connectivity index (χ1v) is 12.0. The van der Waals surface area contributed by atoms with Crippen LogP contribution in [0.2, 0.25) is 0 Å². The van der Waals surface area contributed by atoms with Crippen LogP contribution < -0.4 is 0 Å². The second kappa shape index (κ2) is 18.7. The molecule has 0 aromatic rings. The second-order valence-electron chi connectivity index (χ2n) is 8.74. The van der Waals surface area contributed by atoms with Gasteiger partial charge in [-0.1, -0.05) is 91.4 Å². The quantitative estimate of drug-likeness (QED) is 0.153. The molecule has 0 saturated heterocycles. The van der Waals surface area contributed by atoms with Gasteiger partial charge in [0.1, 0.15) is 0 Å². The van der Waals surface area contributed by atoms with Gasteiger partial charge in [-0.05, 0) is 38.5 Å². The Hall–Kier alpha value is -0.0400. The molecule has 0 rings (SSSR count). The maximum Gasteiger partial charge on any atom is 0.0784 e. The molecule has 0 spiro atoms. The van der Waals surface area contributed by atoms with Gasteiger partial charge in [-0.15, -0.1) is 0 Å². The fourth-order valence-corrected chi connectivity index (χ4v) is 3.98. The van der Waals surface area contributed by atoms with Gasteiger partial charge in [0, 0.05) is 0 Å². The van der Waals surface area contributed by atoms with E-state index in [0.717, 1.165) is 0 Å². The van der Waals surface area contributed by atoms with Crippen LogP contribution in [0.4, 0.5) is 0 Å². The van der Waals surface area contributed by atoms with E-state index in [1.54, 1.807) is 0 Å². The van der Waals surface area contributed by atoms with Crippen LogP contribution in [0.15, 0.2) is 0 Å². The van der Waals surface area contributed by atoms with Crippen LogP contribution in [0, 0.1) is 0 Å². The number of unbranched alkanes of at least 4 members (excludes halogenated alkanes) is 14. The monoisotopic (exact) mass is 354 g/mol. The van der Waals surface area contributed by atoms with E-state index in [0.29, 0.717) is 0 Å². The average molecular weight is 355 g/mol. The Balaban J connectivity index is 4.01. The molecule has 0 aliphatic carbocycles. The third kappa shape index (κ3) is 17.1. The summed E-state index contributed by atoms with van der Waals surface area (Å²) in [5.74, 6) is 0. The van der Waals surface area contributed by atoms with Crippen molar-refractivity contribution >= 4 is 0 Å². The summed E-state index contributed by atoms with van der Waals surface area (Å²) in [4.78, 5) is 0. The van der Waals surface area contributed by atoms with Crippen LogP contribution in [0.25, 0.3) is 0 Å². The predicted octanol–water partition coefficient (Wildman–Crippen LogP) is 8.12. The highest BCUT2D eigenvalue weighted by Crippen LogP contribution is 2.16. The normalized spacial score (nSPS) is 12.0. The number of nitrogens with zero attached hydrogens (tertiary/aromatic N) is 1. The first-order valence-electron chi connectivity index (χ1n) is 12.0. The second-order valence-corrected chi connectivity index (χ2v) is 8.74. The maximum atomic E-state index is 2.55. The Labute approximate surface area is 161 Å². The molecule has 0 fully saturated rings. The van der Waals surface area contributed by atoms with Crippen LogP contribution in [0.5, 0.6) is 0 Å². The molecule has 0 aliphatic rings. The van der Waals surface area contributed by atoms with Crippen LogP contribution in [0.1, 0.15) is 130 Å². The SMILES string of the molecule is CCCCCCCC[N+](C)(CCCCCCC)CCCCCCCC. The average Bonchev–Trinajstić information content (AvgIpc) is 2.61. The first kappa shape index (κ1) is 25.0. The molecule has 0 aromatic carbocycles. The van der Waals surface area contributed by atoms with E-state index < -0.39 is 0 Å². The van der Waals surface area contributed by atoms with Crippen molar-refractivity contribution in [2.45, 2.75) is 130 Å². The summed E-state index contributed by atoms with van der Waals surface area (Å²) in [5, 5.41) is 0. The third-order valence-corrected chi connectivity index (χ3v) is 5.90. The summed E-state index contributed by atoms with van der Waals surface area (Å²) in [6.45, 7) is 11.2. The van der Waals surface area contributed by atoms with Gasteiger partial charge in [0.15, 0.2) is 0 Å². The van der Waals surface area contributed by atoms with E-state index in [-0.39, 0.29) is 0 Å². The zero-order chi connectivity index (χ0) is 18.6.